The quantitative estimate of drug-likeness (QED) is 0.900. The Labute approximate surface area is 115 Å². The second kappa shape index (κ2) is 6.29. The van der Waals surface area contributed by atoms with Crippen LogP contribution in [0.1, 0.15) is 25.7 Å². The molecule has 3 nitrogen and oxygen atoms in total. The zero-order chi connectivity index (χ0) is 12.9. The van der Waals surface area contributed by atoms with E-state index >= 15 is 0 Å². The average Bonchev–Trinajstić information content (AvgIpc) is 3.01. The van der Waals surface area contributed by atoms with Crippen molar-refractivity contribution in [3.8, 4) is 0 Å². The number of hydrogen-bond donors (Lipinski definition) is 1. The minimum absolute atomic E-state index is 0.768. The maximum atomic E-state index is 5.40. The Morgan fingerprint density at radius 3 is 2.74 bits per heavy atom. The standard InChI is InChI=1S/C16H24N2O/c1-2-9-18(8-1)16-5-3-4-15(12-16)17-13-14-6-10-19-11-7-14/h3-5,12,14,17H,1-2,6-11,13H2. The molecule has 0 atom stereocenters. The molecule has 19 heavy (non-hydrogen) atoms. The van der Waals surface area contributed by atoms with Gasteiger partial charge in [-0.2, -0.15) is 0 Å². The van der Waals surface area contributed by atoms with Crippen molar-refractivity contribution in [3.05, 3.63) is 24.3 Å². The van der Waals surface area contributed by atoms with E-state index in [1.54, 1.807) is 0 Å². The number of nitrogens with one attached hydrogen (secondary N) is 1. The zero-order valence-electron chi connectivity index (χ0n) is 11.6. The molecule has 2 saturated heterocycles. The molecule has 2 aliphatic heterocycles. The van der Waals surface area contributed by atoms with Crippen LogP contribution in [0, 0.1) is 5.92 Å². The van der Waals surface area contributed by atoms with Gasteiger partial charge in [-0.05, 0) is 49.8 Å². The van der Waals surface area contributed by atoms with Crippen LogP contribution in [0.3, 0.4) is 0 Å². The van der Waals surface area contributed by atoms with Crippen LogP contribution in [-0.2, 0) is 4.74 Å². The molecular formula is C16H24N2O. The fourth-order valence-corrected chi connectivity index (χ4v) is 3.00. The van der Waals surface area contributed by atoms with Crippen LogP contribution in [0.4, 0.5) is 11.4 Å². The highest BCUT2D eigenvalue weighted by Gasteiger charge is 2.14. The van der Waals surface area contributed by atoms with Gasteiger partial charge in [0.2, 0.25) is 0 Å². The number of ether oxygens (including phenoxy) is 1. The van der Waals surface area contributed by atoms with E-state index in [9.17, 15) is 0 Å². The molecule has 1 N–H and O–H groups in total. The number of nitrogens with zero attached hydrogens (tertiary/aromatic N) is 1. The van der Waals surface area contributed by atoms with Crippen molar-refractivity contribution in [3.63, 3.8) is 0 Å². The number of anilines is 2. The number of hydrogen-bond acceptors (Lipinski definition) is 3. The van der Waals surface area contributed by atoms with Crippen LogP contribution in [0.25, 0.3) is 0 Å². The van der Waals surface area contributed by atoms with Gasteiger partial charge in [0, 0.05) is 44.2 Å². The maximum absolute atomic E-state index is 5.40. The van der Waals surface area contributed by atoms with Gasteiger partial charge in [-0.25, -0.2) is 0 Å². The largest absolute Gasteiger partial charge is 0.385 e. The molecule has 3 rings (SSSR count). The third-order valence-corrected chi connectivity index (χ3v) is 4.25. The minimum Gasteiger partial charge on any atom is -0.385 e. The molecule has 104 valence electrons. The van der Waals surface area contributed by atoms with Gasteiger partial charge < -0.3 is 15.0 Å². The van der Waals surface area contributed by atoms with Gasteiger partial charge in [0.05, 0.1) is 0 Å². The fourth-order valence-electron chi connectivity index (χ4n) is 3.00. The topological polar surface area (TPSA) is 24.5 Å². The van der Waals surface area contributed by atoms with E-state index in [0.29, 0.717) is 0 Å². The normalized spacial score (nSPS) is 20.7. The molecular weight excluding hydrogens is 236 g/mol. The fraction of sp³-hybridized carbons (Fsp3) is 0.625. The first-order chi connectivity index (χ1) is 9.42. The second-order valence-electron chi connectivity index (χ2n) is 5.68. The summed E-state index contributed by atoms with van der Waals surface area (Å²) < 4.78 is 5.40. The number of benzene rings is 1. The smallest absolute Gasteiger partial charge is 0.0469 e. The summed E-state index contributed by atoms with van der Waals surface area (Å²) in [5.41, 5.74) is 2.63. The Balaban J connectivity index is 1.56. The first kappa shape index (κ1) is 12.8. The first-order valence-electron chi connectivity index (χ1n) is 7.58. The lowest BCUT2D eigenvalue weighted by Crippen LogP contribution is -2.23. The van der Waals surface area contributed by atoms with Crippen molar-refractivity contribution in [2.75, 3.05) is 43.1 Å². The summed E-state index contributed by atoms with van der Waals surface area (Å²) >= 11 is 0. The second-order valence-corrected chi connectivity index (χ2v) is 5.68. The molecule has 0 aliphatic carbocycles. The van der Waals surface area contributed by atoms with Gasteiger partial charge in [-0.3, -0.25) is 0 Å². The zero-order valence-corrected chi connectivity index (χ0v) is 11.6. The molecule has 0 amide bonds. The molecule has 3 heteroatoms. The predicted octanol–water partition coefficient (Wildman–Crippen LogP) is 3.13. The first-order valence-corrected chi connectivity index (χ1v) is 7.58. The lowest BCUT2D eigenvalue weighted by atomic mass is 10.0. The van der Waals surface area contributed by atoms with E-state index in [2.05, 4.69) is 34.5 Å². The maximum Gasteiger partial charge on any atom is 0.0469 e. The third kappa shape index (κ3) is 3.41. The van der Waals surface area contributed by atoms with Crippen molar-refractivity contribution >= 4 is 11.4 Å². The van der Waals surface area contributed by atoms with Crippen molar-refractivity contribution < 1.29 is 4.74 Å². The van der Waals surface area contributed by atoms with Crippen molar-refractivity contribution in [1.82, 2.24) is 0 Å². The van der Waals surface area contributed by atoms with Gasteiger partial charge in [0.25, 0.3) is 0 Å². The molecule has 0 saturated carbocycles. The predicted molar refractivity (Wildman–Crippen MR) is 79.9 cm³/mol. The molecule has 2 heterocycles. The van der Waals surface area contributed by atoms with E-state index in [4.69, 9.17) is 4.74 Å². The SMILES string of the molecule is c1cc(NCC2CCOCC2)cc(N2CCCC2)c1. The van der Waals surface area contributed by atoms with Gasteiger partial charge >= 0.3 is 0 Å². The highest BCUT2D eigenvalue weighted by molar-refractivity contribution is 5.58. The van der Waals surface area contributed by atoms with E-state index in [1.807, 2.05) is 0 Å². The van der Waals surface area contributed by atoms with Gasteiger partial charge in [-0.15, -0.1) is 0 Å². The summed E-state index contributed by atoms with van der Waals surface area (Å²) in [5, 5.41) is 3.60. The van der Waals surface area contributed by atoms with Gasteiger partial charge in [0.1, 0.15) is 0 Å². The molecule has 0 spiro atoms. The molecule has 0 radical (unpaired) electrons. The van der Waals surface area contributed by atoms with E-state index in [-0.39, 0.29) is 0 Å². The van der Waals surface area contributed by atoms with Crippen molar-refractivity contribution in [1.29, 1.82) is 0 Å². The summed E-state index contributed by atoms with van der Waals surface area (Å²) in [6.45, 7) is 5.36. The lowest BCUT2D eigenvalue weighted by molar-refractivity contribution is 0.0699. The monoisotopic (exact) mass is 260 g/mol. The van der Waals surface area contributed by atoms with Crippen molar-refractivity contribution in [2.24, 2.45) is 5.92 Å². The van der Waals surface area contributed by atoms with Gasteiger partial charge in [-0.1, -0.05) is 6.07 Å². The van der Waals surface area contributed by atoms with Crippen LogP contribution < -0.4 is 10.2 Å². The lowest BCUT2D eigenvalue weighted by Gasteiger charge is -2.23. The molecule has 2 fully saturated rings. The van der Waals surface area contributed by atoms with E-state index in [1.165, 1.54) is 50.1 Å². The summed E-state index contributed by atoms with van der Waals surface area (Å²) in [6, 6.07) is 8.87. The van der Waals surface area contributed by atoms with Crippen LogP contribution in [0.2, 0.25) is 0 Å². The Bertz CT molecular complexity index is 395. The van der Waals surface area contributed by atoms with Crippen LogP contribution in [0.5, 0.6) is 0 Å². The minimum atomic E-state index is 0.768. The molecule has 0 unspecified atom stereocenters. The average molecular weight is 260 g/mol. The summed E-state index contributed by atoms with van der Waals surface area (Å²) in [5.74, 6) is 0.768. The van der Waals surface area contributed by atoms with E-state index < -0.39 is 0 Å². The molecule has 0 bridgehead atoms. The highest BCUT2D eigenvalue weighted by Crippen LogP contribution is 2.24. The molecule has 0 aromatic heterocycles. The third-order valence-electron chi connectivity index (χ3n) is 4.25. The van der Waals surface area contributed by atoms with Crippen LogP contribution in [-0.4, -0.2) is 32.8 Å². The molecule has 1 aromatic carbocycles. The Morgan fingerprint density at radius 1 is 1.16 bits per heavy atom. The van der Waals surface area contributed by atoms with Crippen LogP contribution >= 0.6 is 0 Å². The van der Waals surface area contributed by atoms with E-state index in [0.717, 1.165) is 25.7 Å². The molecule has 2 aliphatic rings. The highest BCUT2D eigenvalue weighted by atomic mass is 16.5. The Kier molecular flexibility index (Phi) is 4.23. The van der Waals surface area contributed by atoms with Crippen LogP contribution in [0.15, 0.2) is 24.3 Å². The summed E-state index contributed by atoms with van der Waals surface area (Å²) in [6.07, 6.45) is 5.05. The Morgan fingerprint density at radius 2 is 1.95 bits per heavy atom. The van der Waals surface area contributed by atoms with Gasteiger partial charge in [0.15, 0.2) is 0 Å². The Hall–Kier alpha value is -1.22. The number of rotatable bonds is 4. The summed E-state index contributed by atoms with van der Waals surface area (Å²) in [4.78, 5) is 2.49. The summed E-state index contributed by atoms with van der Waals surface area (Å²) in [7, 11) is 0. The van der Waals surface area contributed by atoms with Crippen molar-refractivity contribution in [2.45, 2.75) is 25.7 Å². The molecule has 1 aromatic rings.